The highest BCUT2D eigenvalue weighted by Gasteiger charge is 2.14. The summed E-state index contributed by atoms with van der Waals surface area (Å²) in [6, 6.07) is 5.21. The van der Waals surface area contributed by atoms with Gasteiger partial charge in [-0.2, -0.15) is 5.10 Å². The average molecular weight is 387 g/mol. The van der Waals surface area contributed by atoms with Crippen LogP contribution in [0.15, 0.2) is 47.7 Å². The maximum atomic E-state index is 12.8. The molecule has 1 aliphatic rings. The van der Waals surface area contributed by atoms with Gasteiger partial charge in [0.1, 0.15) is 5.69 Å². The van der Waals surface area contributed by atoms with Gasteiger partial charge in [0.15, 0.2) is 11.3 Å². The Morgan fingerprint density at radius 1 is 1.07 bits per heavy atom. The summed E-state index contributed by atoms with van der Waals surface area (Å²) in [7, 11) is 0. The van der Waals surface area contributed by atoms with E-state index in [1.807, 2.05) is 25.3 Å². The molecule has 1 aliphatic heterocycles. The van der Waals surface area contributed by atoms with Crippen LogP contribution in [-0.4, -0.2) is 53.5 Å². The van der Waals surface area contributed by atoms with Gasteiger partial charge >= 0.3 is 0 Å². The van der Waals surface area contributed by atoms with Crippen molar-refractivity contribution in [1.29, 1.82) is 0 Å². The van der Waals surface area contributed by atoms with E-state index in [1.54, 1.807) is 21.3 Å². The second kappa shape index (κ2) is 6.89. The van der Waals surface area contributed by atoms with E-state index in [2.05, 4.69) is 38.0 Å². The monoisotopic (exact) mass is 387 g/mol. The van der Waals surface area contributed by atoms with E-state index in [-0.39, 0.29) is 5.56 Å². The minimum absolute atomic E-state index is 0.149. The highest BCUT2D eigenvalue weighted by Crippen LogP contribution is 2.21. The van der Waals surface area contributed by atoms with E-state index in [0.717, 1.165) is 43.1 Å². The third-order valence-electron chi connectivity index (χ3n) is 5.32. The molecule has 4 aromatic rings. The Bertz CT molecular complexity index is 1320. The van der Waals surface area contributed by atoms with Crippen molar-refractivity contribution in [3.8, 4) is 11.4 Å². The second-order valence-electron chi connectivity index (χ2n) is 7.26. The van der Waals surface area contributed by atoms with Crippen LogP contribution in [-0.2, 0) is 0 Å². The van der Waals surface area contributed by atoms with Crippen molar-refractivity contribution in [2.24, 2.45) is 0 Å². The molecule has 29 heavy (non-hydrogen) atoms. The molecule has 0 saturated heterocycles. The van der Waals surface area contributed by atoms with Crippen LogP contribution in [0.5, 0.6) is 0 Å². The lowest BCUT2D eigenvalue weighted by molar-refractivity contribution is 0.318. The zero-order valence-corrected chi connectivity index (χ0v) is 16.4. The topological polar surface area (TPSA) is 80.7 Å². The van der Waals surface area contributed by atoms with E-state index in [1.165, 1.54) is 11.6 Å². The predicted octanol–water partition coefficient (Wildman–Crippen LogP) is 2.22. The summed E-state index contributed by atoms with van der Waals surface area (Å²) in [6.45, 7) is 7.05. The van der Waals surface area contributed by atoms with Crippen LogP contribution in [0.2, 0.25) is 0 Å². The Balaban J connectivity index is 1.54. The molecular weight excluding hydrogens is 366 g/mol. The van der Waals surface area contributed by atoms with Crippen LogP contribution >= 0.6 is 0 Å². The molecule has 0 saturated carbocycles. The van der Waals surface area contributed by atoms with Gasteiger partial charge in [-0.3, -0.25) is 19.1 Å². The van der Waals surface area contributed by atoms with Gasteiger partial charge in [0, 0.05) is 25.4 Å². The highest BCUT2D eigenvalue weighted by molar-refractivity contribution is 5.64. The Labute approximate surface area is 167 Å². The summed E-state index contributed by atoms with van der Waals surface area (Å²) in [5, 5.41) is 4.53. The van der Waals surface area contributed by atoms with E-state index in [9.17, 15) is 4.79 Å². The first kappa shape index (κ1) is 17.7. The van der Waals surface area contributed by atoms with E-state index >= 15 is 0 Å². The number of likely N-dealkylation sites (N-methyl/N-ethyl adjacent to an activating group) is 1. The minimum Gasteiger partial charge on any atom is -0.300 e. The lowest BCUT2D eigenvalue weighted by Crippen LogP contribution is -2.28. The molecule has 8 nitrogen and oxygen atoms in total. The quantitative estimate of drug-likeness (QED) is 0.536. The molecule has 0 atom stereocenters. The zero-order chi connectivity index (χ0) is 20.0. The fourth-order valence-corrected chi connectivity index (χ4v) is 3.68. The molecule has 0 aliphatic carbocycles. The third kappa shape index (κ3) is 3.21. The number of nitrogens with zero attached hydrogens (tertiary/aromatic N) is 7. The summed E-state index contributed by atoms with van der Waals surface area (Å²) in [5.74, 6) is 0. The van der Waals surface area contributed by atoms with Gasteiger partial charge in [-0.25, -0.2) is 14.5 Å². The average Bonchev–Trinajstić information content (AvgIpc) is 3.12. The van der Waals surface area contributed by atoms with E-state index in [0.29, 0.717) is 17.0 Å². The van der Waals surface area contributed by atoms with Crippen LogP contribution in [0, 0.1) is 6.92 Å². The van der Waals surface area contributed by atoms with Gasteiger partial charge in [-0.15, -0.1) is 0 Å². The maximum Gasteiger partial charge on any atom is 0.258 e. The zero-order valence-electron chi connectivity index (χ0n) is 16.4. The van der Waals surface area contributed by atoms with Crippen molar-refractivity contribution in [3.63, 3.8) is 0 Å². The number of aromatic nitrogens is 6. The molecule has 0 bridgehead atoms. The first-order valence-electron chi connectivity index (χ1n) is 9.75. The first-order valence-corrected chi connectivity index (χ1v) is 9.75. The molecule has 0 radical (unpaired) electrons. The maximum absolute atomic E-state index is 12.8. The molecule has 0 amide bonds. The van der Waals surface area contributed by atoms with Gasteiger partial charge in [0.2, 0.25) is 0 Å². The number of imidazole rings is 1. The number of hydrogen-bond donors (Lipinski definition) is 0. The minimum atomic E-state index is -0.149. The van der Waals surface area contributed by atoms with Crippen molar-refractivity contribution >= 4 is 16.9 Å². The molecule has 5 heterocycles. The summed E-state index contributed by atoms with van der Waals surface area (Å²) in [5.41, 5.74) is 5.15. The first-order chi connectivity index (χ1) is 14.1. The SMILES string of the molecule is CCN1CC=C(c2cn3c(=O)cc(-c4ccc5nc(C)cn5n4)nc3cn2)CC1. The molecular formula is C21H21N7O. The Kier molecular flexibility index (Phi) is 4.21. The highest BCUT2D eigenvalue weighted by atomic mass is 16.1. The third-order valence-corrected chi connectivity index (χ3v) is 5.32. The number of hydrogen-bond acceptors (Lipinski definition) is 6. The standard InChI is InChI=1S/C21H21N7O/c1-3-26-8-6-15(7-9-26)18-13-27-20(11-22-18)24-17(10-21(27)29)16-4-5-19-23-14(2)12-28(19)25-16/h4-6,10-13H,3,7-9H2,1-2H3. The van der Waals surface area contributed by atoms with Crippen LogP contribution < -0.4 is 5.56 Å². The molecule has 146 valence electrons. The van der Waals surface area contributed by atoms with Crippen LogP contribution in [0.4, 0.5) is 0 Å². The number of fused-ring (bicyclic) bond motifs is 2. The lowest BCUT2D eigenvalue weighted by atomic mass is 10.1. The van der Waals surface area contributed by atoms with Crippen LogP contribution in [0.1, 0.15) is 24.7 Å². The van der Waals surface area contributed by atoms with Gasteiger partial charge in [0.25, 0.3) is 5.56 Å². The van der Waals surface area contributed by atoms with Gasteiger partial charge in [0.05, 0.1) is 29.5 Å². The van der Waals surface area contributed by atoms with Crippen LogP contribution in [0.25, 0.3) is 28.3 Å². The molecule has 0 unspecified atom stereocenters. The second-order valence-corrected chi connectivity index (χ2v) is 7.26. The molecule has 0 spiro atoms. The fraction of sp³-hybridized carbons (Fsp3) is 0.286. The summed E-state index contributed by atoms with van der Waals surface area (Å²) in [4.78, 5) is 28.7. The summed E-state index contributed by atoms with van der Waals surface area (Å²) < 4.78 is 3.25. The van der Waals surface area contributed by atoms with Crippen molar-refractivity contribution in [1.82, 2.24) is 33.9 Å². The van der Waals surface area contributed by atoms with Crippen molar-refractivity contribution in [3.05, 3.63) is 64.6 Å². The largest absolute Gasteiger partial charge is 0.300 e. The molecule has 0 fully saturated rings. The number of aryl methyl sites for hydroxylation is 1. The summed E-state index contributed by atoms with van der Waals surface area (Å²) in [6.07, 6.45) is 8.42. The predicted molar refractivity (Wildman–Crippen MR) is 111 cm³/mol. The van der Waals surface area contributed by atoms with Crippen LogP contribution in [0.3, 0.4) is 0 Å². The molecule has 0 aromatic carbocycles. The molecule has 5 rings (SSSR count). The lowest BCUT2D eigenvalue weighted by Gasteiger charge is -2.24. The summed E-state index contributed by atoms with van der Waals surface area (Å²) >= 11 is 0. The van der Waals surface area contributed by atoms with Gasteiger partial charge in [-0.05, 0) is 37.6 Å². The van der Waals surface area contributed by atoms with Crippen molar-refractivity contribution in [2.45, 2.75) is 20.3 Å². The Morgan fingerprint density at radius 2 is 1.97 bits per heavy atom. The Hall–Kier alpha value is -3.39. The number of rotatable bonds is 3. The normalized spacial score (nSPS) is 15.2. The van der Waals surface area contributed by atoms with Gasteiger partial charge < -0.3 is 0 Å². The van der Waals surface area contributed by atoms with Crippen molar-refractivity contribution < 1.29 is 0 Å². The smallest absolute Gasteiger partial charge is 0.258 e. The molecule has 4 aromatic heterocycles. The van der Waals surface area contributed by atoms with Crippen molar-refractivity contribution in [2.75, 3.05) is 19.6 Å². The molecule has 0 N–H and O–H groups in total. The van der Waals surface area contributed by atoms with E-state index < -0.39 is 0 Å². The fourth-order valence-electron chi connectivity index (χ4n) is 3.68. The molecule has 8 heteroatoms. The van der Waals surface area contributed by atoms with Gasteiger partial charge in [-0.1, -0.05) is 13.0 Å². The Morgan fingerprint density at radius 3 is 2.76 bits per heavy atom. The van der Waals surface area contributed by atoms with E-state index in [4.69, 9.17) is 0 Å².